The molecule has 16 heavy (non-hydrogen) atoms. The number of nitrogens with two attached hydrogens (primary N) is 1. The topological polar surface area (TPSA) is 64.9 Å². The third-order valence-corrected chi connectivity index (χ3v) is 2.63. The number of nitrogen functional groups attached to an aromatic ring is 1. The summed E-state index contributed by atoms with van der Waals surface area (Å²) in [5, 5.41) is 0.852. The van der Waals surface area contributed by atoms with Crippen LogP contribution in [0.2, 0.25) is 0 Å². The van der Waals surface area contributed by atoms with E-state index in [1.165, 1.54) is 0 Å². The quantitative estimate of drug-likeness (QED) is 0.800. The van der Waals surface area contributed by atoms with Crippen molar-refractivity contribution in [1.82, 2.24) is 9.97 Å². The van der Waals surface area contributed by atoms with E-state index < -0.39 is 0 Å². The number of furan rings is 1. The molecule has 0 amide bonds. The molecule has 0 bridgehead atoms. The van der Waals surface area contributed by atoms with Gasteiger partial charge in [0.1, 0.15) is 11.6 Å². The van der Waals surface area contributed by atoms with E-state index in [4.69, 9.17) is 10.2 Å². The smallest absolute Gasteiger partial charge is 0.231 e. The summed E-state index contributed by atoms with van der Waals surface area (Å²) in [7, 11) is 0. The van der Waals surface area contributed by atoms with Crippen molar-refractivity contribution in [2.45, 2.75) is 39.5 Å². The fourth-order valence-electron chi connectivity index (χ4n) is 1.72. The van der Waals surface area contributed by atoms with Crippen molar-refractivity contribution in [1.29, 1.82) is 0 Å². The molecule has 0 radical (unpaired) electrons. The summed E-state index contributed by atoms with van der Waals surface area (Å²) in [4.78, 5) is 8.60. The van der Waals surface area contributed by atoms with Gasteiger partial charge in [-0.15, -0.1) is 0 Å². The van der Waals surface area contributed by atoms with Gasteiger partial charge in [0, 0.05) is 12.0 Å². The SMILES string of the molecule is CCc1nc(N)c2c(C(C)(C)C)coc2n1. The van der Waals surface area contributed by atoms with E-state index in [0.717, 1.165) is 23.2 Å². The Kier molecular flexibility index (Phi) is 2.37. The van der Waals surface area contributed by atoms with Gasteiger partial charge in [0.2, 0.25) is 5.71 Å². The second-order valence-corrected chi connectivity index (χ2v) is 4.96. The number of aryl methyl sites for hydroxylation is 1. The van der Waals surface area contributed by atoms with E-state index in [-0.39, 0.29) is 5.41 Å². The van der Waals surface area contributed by atoms with Crippen LogP contribution in [0, 0.1) is 0 Å². The molecule has 0 fully saturated rings. The van der Waals surface area contributed by atoms with Crippen molar-refractivity contribution < 1.29 is 4.42 Å². The van der Waals surface area contributed by atoms with Gasteiger partial charge in [0.15, 0.2) is 0 Å². The maximum Gasteiger partial charge on any atom is 0.231 e. The van der Waals surface area contributed by atoms with Gasteiger partial charge in [-0.25, -0.2) is 4.98 Å². The highest BCUT2D eigenvalue weighted by molar-refractivity contribution is 5.88. The zero-order valence-electron chi connectivity index (χ0n) is 10.2. The Morgan fingerprint density at radius 3 is 2.56 bits per heavy atom. The van der Waals surface area contributed by atoms with Crippen LogP contribution in [-0.4, -0.2) is 9.97 Å². The first kappa shape index (κ1) is 10.9. The zero-order chi connectivity index (χ0) is 11.9. The van der Waals surface area contributed by atoms with Crippen molar-refractivity contribution in [3.63, 3.8) is 0 Å². The minimum Gasteiger partial charge on any atom is -0.446 e. The second kappa shape index (κ2) is 3.47. The summed E-state index contributed by atoms with van der Waals surface area (Å²) >= 11 is 0. The van der Waals surface area contributed by atoms with E-state index >= 15 is 0 Å². The molecule has 2 aromatic heterocycles. The number of nitrogens with zero attached hydrogens (tertiary/aromatic N) is 2. The zero-order valence-corrected chi connectivity index (χ0v) is 10.2. The Bertz CT molecular complexity index is 523. The first-order valence-corrected chi connectivity index (χ1v) is 5.47. The lowest BCUT2D eigenvalue weighted by Crippen LogP contribution is -2.11. The Morgan fingerprint density at radius 1 is 1.31 bits per heavy atom. The van der Waals surface area contributed by atoms with Crippen LogP contribution in [-0.2, 0) is 11.8 Å². The fraction of sp³-hybridized carbons (Fsp3) is 0.500. The van der Waals surface area contributed by atoms with Crippen molar-refractivity contribution >= 4 is 16.9 Å². The van der Waals surface area contributed by atoms with Crippen molar-refractivity contribution in [2.75, 3.05) is 5.73 Å². The number of hydrogen-bond acceptors (Lipinski definition) is 4. The molecule has 2 rings (SSSR count). The van der Waals surface area contributed by atoms with E-state index in [1.54, 1.807) is 6.26 Å². The van der Waals surface area contributed by atoms with E-state index in [2.05, 4.69) is 30.7 Å². The minimum atomic E-state index is -0.0174. The van der Waals surface area contributed by atoms with E-state index in [9.17, 15) is 0 Å². The summed E-state index contributed by atoms with van der Waals surface area (Å²) in [5.74, 6) is 1.24. The predicted octanol–water partition coefficient (Wildman–Crippen LogP) is 2.66. The summed E-state index contributed by atoms with van der Waals surface area (Å²) in [6.07, 6.45) is 2.49. The monoisotopic (exact) mass is 219 g/mol. The van der Waals surface area contributed by atoms with Gasteiger partial charge in [0.05, 0.1) is 11.6 Å². The summed E-state index contributed by atoms with van der Waals surface area (Å²) in [6.45, 7) is 8.34. The lowest BCUT2D eigenvalue weighted by Gasteiger charge is -2.16. The third kappa shape index (κ3) is 1.64. The fourth-order valence-corrected chi connectivity index (χ4v) is 1.72. The predicted molar refractivity (Wildman–Crippen MR) is 64.3 cm³/mol. The lowest BCUT2D eigenvalue weighted by molar-refractivity contribution is 0.552. The normalized spacial score (nSPS) is 12.2. The van der Waals surface area contributed by atoms with Crippen LogP contribution >= 0.6 is 0 Å². The molecule has 0 spiro atoms. The highest BCUT2D eigenvalue weighted by Crippen LogP contribution is 2.33. The largest absolute Gasteiger partial charge is 0.446 e. The van der Waals surface area contributed by atoms with Crippen molar-refractivity contribution in [3.05, 3.63) is 17.7 Å². The number of rotatable bonds is 1. The number of hydrogen-bond donors (Lipinski definition) is 1. The molecule has 0 aliphatic carbocycles. The second-order valence-electron chi connectivity index (χ2n) is 4.96. The number of aromatic nitrogens is 2. The molecule has 0 saturated heterocycles. The molecule has 2 heterocycles. The average molecular weight is 219 g/mol. The molecular weight excluding hydrogens is 202 g/mol. The molecular formula is C12H17N3O. The summed E-state index contributed by atoms with van der Waals surface area (Å²) in [6, 6.07) is 0. The molecule has 0 unspecified atom stereocenters. The van der Waals surface area contributed by atoms with Gasteiger partial charge in [-0.2, -0.15) is 4.98 Å². The van der Waals surface area contributed by atoms with Gasteiger partial charge < -0.3 is 10.2 Å². The number of fused-ring (bicyclic) bond motifs is 1. The van der Waals surface area contributed by atoms with Crippen LogP contribution in [0.5, 0.6) is 0 Å². The Balaban J connectivity index is 2.74. The van der Waals surface area contributed by atoms with Gasteiger partial charge in [-0.3, -0.25) is 0 Å². The Hall–Kier alpha value is -1.58. The third-order valence-electron chi connectivity index (χ3n) is 2.63. The maximum atomic E-state index is 5.96. The van der Waals surface area contributed by atoms with Crippen LogP contribution in [0.15, 0.2) is 10.7 Å². The van der Waals surface area contributed by atoms with Gasteiger partial charge in [0.25, 0.3) is 0 Å². The molecule has 0 aromatic carbocycles. The molecule has 2 aromatic rings. The molecule has 86 valence electrons. The van der Waals surface area contributed by atoms with Crippen LogP contribution < -0.4 is 5.73 Å². The standard InChI is InChI=1S/C12H17N3O/c1-5-8-14-10(13)9-7(12(2,3)4)6-16-11(9)15-8/h6H,5H2,1-4H3,(H2,13,14,15). The highest BCUT2D eigenvalue weighted by atomic mass is 16.3. The van der Waals surface area contributed by atoms with Gasteiger partial charge in [-0.1, -0.05) is 27.7 Å². The minimum absolute atomic E-state index is 0.0174. The highest BCUT2D eigenvalue weighted by Gasteiger charge is 2.22. The van der Waals surface area contributed by atoms with Gasteiger partial charge >= 0.3 is 0 Å². The average Bonchev–Trinajstić information content (AvgIpc) is 2.60. The molecule has 0 aliphatic heterocycles. The van der Waals surface area contributed by atoms with E-state index in [1.807, 2.05) is 6.92 Å². The van der Waals surface area contributed by atoms with E-state index in [0.29, 0.717) is 11.5 Å². The molecule has 0 aliphatic rings. The summed E-state index contributed by atoms with van der Waals surface area (Å²) in [5.41, 5.74) is 7.60. The van der Waals surface area contributed by atoms with Gasteiger partial charge in [-0.05, 0) is 5.41 Å². The molecule has 2 N–H and O–H groups in total. The van der Waals surface area contributed by atoms with Crippen LogP contribution in [0.1, 0.15) is 39.1 Å². The van der Waals surface area contributed by atoms with Crippen LogP contribution in [0.3, 0.4) is 0 Å². The molecule has 0 saturated carbocycles. The Morgan fingerprint density at radius 2 is 2.00 bits per heavy atom. The van der Waals surface area contributed by atoms with Crippen molar-refractivity contribution in [2.24, 2.45) is 0 Å². The lowest BCUT2D eigenvalue weighted by atomic mass is 9.87. The first-order chi connectivity index (χ1) is 7.43. The molecule has 0 atom stereocenters. The van der Waals surface area contributed by atoms with Crippen LogP contribution in [0.25, 0.3) is 11.1 Å². The number of anilines is 1. The molecule has 4 nitrogen and oxygen atoms in total. The molecule has 4 heteroatoms. The maximum absolute atomic E-state index is 5.96. The van der Waals surface area contributed by atoms with Crippen molar-refractivity contribution in [3.8, 4) is 0 Å². The Labute approximate surface area is 94.9 Å². The van der Waals surface area contributed by atoms with Crippen LogP contribution in [0.4, 0.5) is 5.82 Å². The first-order valence-electron chi connectivity index (χ1n) is 5.47. The summed E-state index contributed by atoms with van der Waals surface area (Å²) < 4.78 is 5.47.